The van der Waals surface area contributed by atoms with Crippen molar-refractivity contribution in [2.45, 2.75) is 11.8 Å². The highest BCUT2D eigenvalue weighted by Crippen LogP contribution is 2.33. The van der Waals surface area contributed by atoms with Crippen molar-refractivity contribution in [3.63, 3.8) is 0 Å². The Balaban J connectivity index is 2.56. The first-order valence-electron chi connectivity index (χ1n) is 7.79. The topological polar surface area (TPSA) is 150 Å². The van der Waals surface area contributed by atoms with Crippen molar-refractivity contribution < 1.29 is 37.8 Å². The molecule has 2 amide bonds. The van der Waals surface area contributed by atoms with E-state index in [4.69, 9.17) is 9.84 Å². The molecule has 0 aliphatic carbocycles. The number of aliphatic hydroxyl groups is 1. The van der Waals surface area contributed by atoms with Gasteiger partial charge in [-0.3, -0.25) is 14.5 Å². The van der Waals surface area contributed by atoms with Gasteiger partial charge >= 0.3 is 5.97 Å². The summed E-state index contributed by atoms with van der Waals surface area (Å²) in [5.41, 5.74) is -0.664. The van der Waals surface area contributed by atoms with Gasteiger partial charge in [0.25, 0.3) is 11.8 Å². The molecule has 0 saturated carbocycles. The molecule has 0 bridgehead atoms. The molecule has 1 aromatic rings. The molecule has 11 heteroatoms. The number of aliphatic hydroxyl groups excluding tert-OH is 1. The van der Waals surface area contributed by atoms with E-state index in [2.05, 4.69) is 5.32 Å². The first-order valence-corrected chi connectivity index (χ1v) is 9.45. The predicted octanol–water partition coefficient (Wildman–Crippen LogP) is -0.156. The number of β-amino-alcohol motifs (C(OH)–C–C–N with tert-alkyl or cyclic N) is 1. The molecule has 0 fully saturated rings. The van der Waals surface area contributed by atoms with Gasteiger partial charge in [0.15, 0.2) is 9.84 Å². The number of ether oxygens (including phenoxy) is 1. The first-order chi connectivity index (χ1) is 12.7. The fourth-order valence-corrected chi connectivity index (χ4v) is 3.51. The average Bonchev–Trinajstić information content (AvgIpc) is 2.88. The number of nitrogens with zero attached hydrogens (tertiary/aromatic N) is 1. The van der Waals surface area contributed by atoms with Crippen LogP contribution in [-0.2, 0) is 19.4 Å². The van der Waals surface area contributed by atoms with Crippen molar-refractivity contribution in [3.05, 3.63) is 29.5 Å². The Morgan fingerprint density at radius 2 is 1.96 bits per heavy atom. The van der Waals surface area contributed by atoms with Gasteiger partial charge in [-0.05, 0) is 6.07 Å². The van der Waals surface area contributed by atoms with Crippen LogP contribution < -0.4 is 10.1 Å². The summed E-state index contributed by atoms with van der Waals surface area (Å²) in [4.78, 5) is 35.9. The maximum atomic E-state index is 12.4. The maximum Gasteiger partial charge on any atom is 0.339 e. The third-order valence-electron chi connectivity index (χ3n) is 3.85. The van der Waals surface area contributed by atoms with E-state index in [1.54, 1.807) is 0 Å². The van der Waals surface area contributed by atoms with Gasteiger partial charge in [-0.15, -0.1) is 0 Å². The van der Waals surface area contributed by atoms with E-state index in [1.807, 2.05) is 0 Å². The minimum absolute atomic E-state index is 0.100. The lowest BCUT2D eigenvalue weighted by Gasteiger charge is -2.17. The Hall–Kier alpha value is -2.92. The molecule has 1 aliphatic heterocycles. The molecule has 0 aromatic heterocycles. The predicted molar refractivity (Wildman–Crippen MR) is 93.2 cm³/mol. The normalized spacial score (nSPS) is 14.3. The van der Waals surface area contributed by atoms with Gasteiger partial charge in [0, 0.05) is 12.1 Å². The van der Waals surface area contributed by atoms with Gasteiger partial charge in [-0.1, -0.05) is 6.92 Å². The molecule has 0 atom stereocenters. The summed E-state index contributed by atoms with van der Waals surface area (Å²) in [6, 6.07) is 2.08. The molecule has 0 unspecified atom stereocenters. The van der Waals surface area contributed by atoms with Crippen LogP contribution in [0.25, 0.3) is 0 Å². The smallest absolute Gasteiger partial charge is 0.339 e. The third-order valence-corrected chi connectivity index (χ3v) is 5.62. The lowest BCUT2D eigenvalue weighted by Crippen LogP contribution is -2.34. The summed E-state index contributed by atoms with van der Waals surface area (Å²) in [6.07, 6.45) is 0.970. The molecule has 146 valence electrons. The van der Waals surface area contributed by atoms with Crippen molar-refractivity contribution in [2.75, 3.05) is 31.3 Å². The van der Waals surface area contributed by atoms with E-state index in [0.29, 0.717) is 0 Å². The summed E-state index contributed by atoms with van der Waals surface area (Å²) in [6.45, 7) is 0.756. The summed E-state index contributed by atoms with van der Waals surface area (Å²) in [5.74, 6) is -3.22. The summed E-state index contributed by atoms with van der Waals surface area (Å²) in [7, 11) is -2.65. The van der Waals surface area contributed by atoms with Crippen LogP contribution in [0, 0.1) is 0 Å². The van der Waals surface area contributed by atoms with E-state index >= 15 is 0 Å². The molecule has 10 nitrogen and oxygen atoms in total. The summed E-state index contributed by atoms with van der Waals surface area (Å²) in [5, 5.41) is 20.8. The number of carboxylic acid groups (broad SMARTS) is 1. The zero-order chi connectivity index (χ0) is 20.4. The highest BCUT2D eigenvalue weighted by molar-refractivity contribution is 7.91. The number of methoxy groups -OCH3 is 1. The quantitative estimate of drug-likeness (QED) is 0.508. The summed E-state index contributed by atoms with van der Waals surface area (Å²) >= 11 is 0. The van der Waals surface area contributed by atoms with Gasteiger partial charge in [0.05, 0.1) is 36.6 Å². The number of carbonyl (C=O) groups excluding carboxylic acids is 2. The number of benzene rings is 1. The fourth-order valence-electron chi connectivity index (χ4n) is 2.46. The van der Waals surface area contributed by atoms with Crippen LogP contribution in [0.1, 0.15) is 17.3 Å². The number of amides is 2. The van der Waals surface area contributed by atoms with E-state index in [0.717, 1.165) is 23.1 Å². The molecular weight excluding hydrogens is 380 g/mol. The number of anilines is 1. The van der Waals surface area contributed by atoms with Gasteiger partial charge in [0.2, 0.25) is 0 Å². The number of nitrogens with one attached hydrogen (secondary N) is 1. The van der Waals surface area contributed by atoms with Gasteiger partial charge in [-0.2, -0.15) is 0 Å². The van der Waals surface area contributed by atoms with Crippen LogP contribution in [0.3, 0.4) is 0 Å². The van der Waals surface area contributed by atoms with Crippen LogP contribution in [0.5, 0.6) is 5.75 Å². The molecule has 0 radical (unpaired) electrons. The molecular formula is C16H18N2O8S. The van der Waals surface area contributed by atoms with E-state index in [-0.39, 0.29) is 39.9 Å². The molecule has 1 heterocycles. The Bertz CT molecular complexity index is 936. The highest BCUT2D eigenvalue weighted by atomic mass is 32.2. The average molecular weight is 398 g/mol. The van der Waals surface area contributed by atoms with E-state index < -0.39 is 34.2 Å². The third kappa shape index (κ3) is 3.93. The van der Waals surface area contributed by atoms with Crippen LogP contribution in [0.2, 0.25) is 0 Å². The van der Waals surface area contributed by atoms with Crippen LogP contribution in [-0.4, -0.2) is 67.3 Å². The number of carboxylic acids is 1. The molecule has 0 saturated heterocycles. The van der Waals surface area contributed by atoms with Crippen molar-refractivity contribution in [1.82, 2.24) is 4.90 Å². The lowest BCUT2D eigenvalue weighted by molar-refractivity contribution is -0.137. The molecule has 27 heavy (non-hydrogen) atoms. The molecule has 3 N–H and O–H groups in total. The van der Waals surface area contributed by atoms with Crippen molar-refractivity contribution in [2.24, 2.45) is 0 Å². The zero-order valence-corrected chi connectivity index (χ0v) is 15.4. The van der Waals surface area contributed by atoms with Crippen LogP contribution >= 0.6 is 0 Å². The molecule has 1 aliphatic rings. The first kappa shape index (κ1) is 20.4. The largest absolute Gasteiger partial charge is 0.496 e. The molecule has 1 aromatic carbocycles. The second-order valence-electron chi connectivity index (χ2n) is 5.46. The standard InChI is InChI=1S/C16H18N2O8S/c1-3-27(24,25)13-6-9(16(22)23)12(26-2)7-10(13)17-11-8-14(20)18(4-5-19)15(11)21/h6-8,17,19H,3-5H2,1-2H3,(H,22,23). The Kier molecular flexibility index (Phi) is 5.86. The summed E-state index contributed by atoms with van der Waals surface area (Å²) < 4.78 is 29.8. The number of hydrogen-bond acceptors (Lipinski definition) is 8. The van der Waals surface area contributed by atoms with Gasteiger partial charge in [-0.25, -0.2) is 13.2 Å². The van der Waals surface area contributed by atoms with Crippen LogP contribution in [0.4, 0.5) is 5.69 Å². The Labute approximate surface area is 155 Å². The SMILES string of the molecule is CCS(=O)(=O)c1cc(C(=O)O)c(OC)cc1NC1=CC(=O)N(CCO)C1=O. The minimum atomic E-state index is -3.86. The van der Waals surface area contributed by atoms with Crippen LogP contribution in [0.15, 0.2) is 28.8 Å². The zero-order valence-electron chi connectivity index (χ0n) is 14.6. The van der Waals surface area contributed by atoms with Crippen molar-refractivity contribution in [3.8, 4) is 5.75 Å². The molecule has 0 spiro atoms. The maximum absolute atomic E-state index is 12.4. The van der Waals surface area contributed by atoms with Gasteiger partial charge in [0.1, 0.15) is 17.0 Å². The Morgan fingerprint density at radius 1 is 1.30 bits per heavy atom. The second kappa shape index (κ2) is 7.76. The van der Waals surface area contributed by atoms with E-state index in [9.17, 15) is 27.9 Å². The molecule has 2 rings (SSSR count). The highest BCUT2D eigenvalue weighted by Gasteiger charge is 2.32. The van der Waals surface area contributed by atoms with Crippen molar-refractivity contribution in [1.29, 1.82) is 0 Å². The number of rotatable bonds is 8. The number of carbonyl (C=O) groups is 3. The monoisotopic (exact) mass is 398 g/mol. The second-order valence-corrected chi connectivity index (χ2v) is 7.71. The lowest BCUT2D eigenvalue weighted by atomic mass is 10.1. The van der Waals surface area contributed by atoms with E-state index in [1.165, 1.54) is 14.0 Å². The van der Waals surface area contributed by atoms with Crippen molar-refractivity contribution >= 4 is 33.3 Å². The van der Waals surface area contributed by atoms with Gasteiger partial charge < -0.3 is 20.3 Å². The Morgan fingerprint density at radius 3 is 2.48 bits per heavy atom. The number of sulfone groups is 1. The fraction of sp³-hybridized carbons (Fsp3) is 0.312. The number of aromatic carboxylic acids is 1. The minimum Gasteiger partial charge on any atom is -0.496 e. The number of imide groups is 1. The number of hydrogen-bond donors (Lipinski definition) is 3.